The lowest BCUT2D eigenvalue weighted by Crippen LogP contribution is -2.38. The van der Waals surface area contributed by atoms with Crippen LogP contribution in [0.2, 0.25) is 0 Å². The Kier molecular flexibility index (Phi) is 6.67. The van der Waals surface area contributed by atoms with Crippen molar-refractivity contribution in [3.63, 3.8) is 0 Å². The molecule has 1 rings (SSSR count). The molecule has 0 aromatic rings. The van der Waals surface area contributed by atoms with E-state index in [4.69, 9.17) is 5.11 Å². The quantitative estimate of drug-likeness (QED) is 0.705. The Morgan fingerprint density at radius 3 is 2.58 bits per heavy atom. The fraction of sp³-hybridized carbons (Fsp3) is 0.933. The molecular formula is C15H28O3S. The van der Waals surface area contributed by atoms with E-state index < -0.39 is 5.97 Å². The number of rotatable bonds is 7. The van der Waals surface area contributed by atoms with Gasteiger partial charge < -0.3 is 10.2 Å². The third-order valence-electron chi connectivity index (χ3n) is 4.76. The Labute approximate surface area is 121 Å². The average molecular weight is 288 g/mol. The maximum Gasteiger partial charge on any atom is 0.307 e. The Morgan fingerprint density at radius 1 is 1.37 bits per heavy atom. The normalized spacial score (nSPS) is 28.3. The van der Waals surface area contributed by atoms with Gasteiger partial charge in [-0.25, -0.2) is 0 Å². The molecular weight excluding hydrogens is 260 g/mol. The second-order valence-electron chi connectivity index (χ2n) is 6.28. The number of carboxylic acid groups (broad SMARTS) is 1. The predicted molar refractivity (Wildman–Crippen MR) is 80.5 cm³/mol. The van der Waals surface area contributed by atoms with Gasteiger partial charge in [0.2, 0.25) is 0 Å². The topological polar surface area (TPSA) is 57.5 Å². The maximum atomic E-state index is 11.4. The van der Waals surface area contributed by atoms with Gasteiger partial charge in [0.05, 0.1) is 5.92 Å². The lowest BCUT2D eigenvalue weighted by atomic mass is 9.67. The van der Waals surface area contributed by atoms with Gasteiger partial charge in [-0.3, -0.25) is 4.79 Å². The fourth-order valence-corrected chi connectivity index (χ4v) is 4.35. The summed E-state index contributed by atoms with van der Waals surface area (Å²) in [6.45, 7) is 7.01. The highest BCUT2D eigenvalue weighted by molar-refractivity contribution is 7.99. The Hall–Kier alpha value is -0.220. The molecule has 0 heterocycles. The lowest BCUT2D eigenvalue weighted by molar-refractivity contribution is -0.143. The molecule has 2 N–H and O–H groups in total. The molecule has 1 aliphatic rings. The van der Waals surface area contributed by atoms with E-state index in [0.29, 0.717) is 11.3 Å². The zero-order chi connectivity index (χ0) is 14.5. The molecule has 0 bridgehead atoms. The van der Waals surface area contributed by atoms with Crippen molar-refractivity contribution in [2.75, 3.05) is 12.4 Å². The van der Waals surface area contributed by atoms with Crippen molar-refractivity contribution < 1.29 is 15.0 Å². The summed E-state index contributed by atoms with van der Waals surface area (Å²) in [7, 11) is 0. The van der Waals surface area contributed by atoms with Crippen LogP contribution in [-0.2, 0) is 4.79 Å². The highest BCUT2D eigenvalue weighted by atomic mass is 32.2. The molecule has 0 aliphatic heterocycles. The maximum absolute atomic E-state index is 11.4. The molecule has 0 saturated heterocycles. The van der Waals surface area contributed by atoms with E-state index in [9.17, 15) is 9.90 Å². The van der Waals surface area contributed by atoms with Crippen molar-refractivity contribution in [3.8, 4) is 0 Å². The van der Waals surface area contributed by atoms with Crippen LogP contribution < -0.4 is 0 Å². The van der Waals surface area contributed by atoms with Gasteiger partial charge in [-0.1, -0.05) is 27.2 Å². The van der Waals surface area contributed by atoms with Gasteiger partial charge in [0.1, 0.15) is 0 Å². The number of hydrogen-bond acceptors (Lipinski definition) is 3. The van der Waals surface area contributed by atoms with Crippen molar-refractivity contribution in [2.45, 2.75) is 58.1 Å². The summed E-state index contributed by atoms with van der Waals surface area (Å²) in [5, 5.41) is 18.4. The second kappa shape index (κ2) is 7.53. The SMILES string of the molecule is CCC(C)(C)C1CCC(C(=O)O)C(SCCCO)C1. The van der Waals surface area contributed by atoms with Crippen LogP contribution in [0.25, 0.3) is 0 Å². The largest absolute Gasteiger partial charge is 0.481 e. The van der Waals surface area contributed by atoms with Crippen LogP contribution in [0.15, 0.2) is 0 Å². The first kappa shape index (κ1) is 16.8. The molecule has 3 atom stereocenters. The van der Waals surface area contributed by atoms with Crippen LogP contribution in [0.1, 0.15) is 52.9 Å². The zero-order valence-corrected chi connectivity index (χ0v) is 13.2. The van der Waals surface area contributed by atoms with Crippen LogP contribution in [0, 0.1) is 17.3 Å². The average Bonchev–Trinajstić information content (AvgIpc) is 2.38. The van der Waals surface area contributed by atoms with Crippen LogP contribution >= 0.6 is 11.8 Å². The summed E-state index contributed by atoms with van der Waals surface area (Å²) < 4.78 is 0. The van der Waals surface area contributed by atoms with E-state index in [0.717, 1.165) is 37.9 Å². The molecule has 19 heavy (non-hydrogen) atoms. The van der Waals surface area contributed by atoms with E-state index in [1.165, 1.54) is 0 Å². The van der Waals surface area contributed by atoms with Crippen LogP contribution in [0.5, 0.6) is 0 Å². The first-order chi connectivity index (χ1) is 8.92. The summed E-state index contributed by atoms with van der Waals surface area (Å²) in [6.07, 6.45) is 4.75. The Balaban J connectivity index is 2.65. The summed E-state index contributed by atoms with van der Waals surface area (Å²) in [4.78, 5) is 11.4. The third kappa shape index (κ3) is 4.67. The third-order valence-corrected chi connectivity index (χ3v) is 6.23. The van der Waals surface area contributed by atoms with Gasteiger partial charge in [-0.05, 0) is 42.8 Å². The molecule has 0 radical (unpaired) electrons. The molecule has 0 aromatic heterocycles. The van der Waals surface area contributed by atoms with Gasteiger partial charge >= 0.3 is 5.97 Å². The van der Waals surface area contributed by atoms with E-state index in [2.05, 4.69) is 20.8 Å². The smallest absolute Gasteiger partial charge is 0.307 e. The zero-order valence-electron chi connectivity index (χ0n) is 12.4. The number of carbonyl (C=O) groups is 1. The Bertz CT molecular complexity index is 291. The van der Waals surface area contributed by atoms with Crippen molar-refractivity contribution >= 4 is 17.7 Å². The molecule has 0 spiro atoms. The minimum absolute atomic E-state index is 0.196. The summed E-state index contributed by atoms with van der Waals surface area (Å²) >= 11 is 1.75. The van der Waals surface area contributed by atoms with E-state index >= 15 is 0 Å². The Morgan fingerprint density at radius 2 is 2.05 bits per heavy atom. The molecule has 0 amide bonds. The number of aliphatic carboxylic acids is 1. The molecule has 1 saturated carbocycles. The second-order valence-corrected chi connectivity index (χ2v) is 7.63. The molecule has 1 aliphatic carbocycles. The van der Waals surface area contributed by atoms with Crippen molar-refractivity contribution in [3.05, 3.63) is 0 Å². The molecule has 0 aromatic carbocycles. The highest BCUT2D eigenvalue weighted by Crippen LogP contribution is 2.45. The predicted octanol–water partition coefficient (Wildman–Crippen LogP) is 3.41. The minimum Gasteiger partial charge on any atom is -0.481 e. The van der Waals surface area contributed by atoms with E-state index in [1.807, 2.05) is 0 Å². The monoisotopic (exact) mass is 288 g/mol. The summed E-state index contributed by atoms with van der Waals surface area (Å²) in [5.41, 5.74) is 0.305. The standard InChI is InChI=1S/C15H28O3S/c1-4-15(2,3)11-6-7-12(14(17)18)13(10-11)19-9-5-8-16/h11-13,16H,4-10H2,1-3H3,(H,17,18). The minimum atomic E-state index is -0.644. The highest BCUT2D eigenvalue weighted by Gasteiger charge is 2.40. The number of thioether (sulfide) groups is 1. The number of aliphatic hydroxyl groups excluding tert-OH is 1. The van der Waals surface area contributed by atoms with Gasteiger partial charge in [-0.15, -0.1) is 0 Å². The first-order valence-corrected chi connectivity index (χ1v) is 8.42. The van der Waals surface area contributed by atoms with Gasteiger partial charge in [-0.2, -0.15) is 11.8 Å². The summed E-state index contributed by atoms with van der Waals surface area (Å²) in [6, 6.07) is 0. The number of aliphatic hydroxyl groups is 1. The molecule has 3 unspecified atom stereocenters. The van der Waals surface area contributed by atoms with E-state index in [1.54, 1.807) is 11.8 Å². The first-order valence-electron chi connectivity index (χ1n) is 7.37. The molecule has 112 valence electrons. The molecule has 3 nitrogen and oxygen atoms in total. The van der Waals surface area contributed by atoms with Crippen molar-refractivity contribution in [2.24, 2.45) is 17.3 Å². The number of carboxylic acids is 1. The number of hydrogen-bond donors (Lipinski definition) is 2. The van der Waals surface area contributed by atoms with Crippen molar-refractivity contribution in [1.82, 2.24) is 0 Å². The molecule has 1 fully saturated rings. The van der Waals surface area contributed by atoms with E-state index in [-0.39, 0.29) is 17.8 Å². The lowest BCUT2D eigenvalue weighted by Gasteiger charge is -2.41. The summed E-state index contributed by atoms with van der Waals surface area (Å²) in [5.74, 6) is 0.645. The van der Waals surface area contributed by atoms with Crippen LogP contribution in [0.4, 0.5) is 0 Å². The van der Waals surface area contributed by atoms with Gasteiger partial charge in [0.25, 0.3) is 0 Å². The fourth-order valence-electron chi connectivity index (χ4n) is 2.89. The van der Waals surface area contributed by atoms with Crippen molar-refractivity contribution in [1.29, 1.82) is 0 Å². The van der Waals surface area contributed by atoms with Crippen LogP contribution in [-0.4, -0.2) is 33.8 Å². The van der Waals surface area contributed by atoms with Crippen LogP contribution in [0.3, 0.4) is 0 Å². The van der Waals surface area contributed by atoms with Gasteiger partial charge in [0, 0.05) is 11.9 Å². The molecule has 4 heteroatoms. The van der Waals surface area contributed by atoms with Gasteiger partial charge in [0.15, 0.2) is 0 Å².